The number of amides is 1. The first kappa shape index (κ1) is 12.0. The highest BCUT2D eigenvalue weighted by molar-refractivity contribution is 7.80. The van der Waals surface area contributed by atoms with Crippen molar-refractivity contribution in [1.82, 2.24) is 9.78 Å². The zero-order valence-electron chi connectivity index (χ0n) is 9.77. The molecule has 1 aromatic rings. The zero-order valence-corrected chi connectivity index (χ0v) is 10.6. The maximum Gasteiger partial charge on any atom is 0.238 e. The highest BCUT2D eigenvalue weighted by Crippen LogP contribution is 2.39. The molecule has 1 fully saturated rings. The molecule has 5 nitrogen and oxygen atoms in total. The molecule has 0 bridgehead atoms. The van der Waals surface area contributed by atoms with E-state index in [1.807, 2.05) is 0 Å². The summed E-state index contributed by atoms with van der Waals surface area (Å²) in [5, 5.41) is 6.85. The van der Waals surface area contributed by atoms with Crippen molar-refractivity contribution in [1.29, 1.82) is 0 Å². The van der Waals surface area contributed by atoms with Crippen LogP contribution in [0.4, 0.5) is 5.82 Å². The van der Waals surface area contributed by atoms with Crippen molar-refractivity contribution in [2.75, 3.05) is 5.32 Å². The fourth-order valence-electron chi connectivity index (χ4n) is 2.30. The lowest BCUT2D eigenvalue weighted by molar-refractivity contribution is -0.122. The Morgan fingerprint density at radius 2 is 2.24 bits per heavy atom. The Kier molecular flexibility index (Phi) is 3.15. The normalized spacial score (nSPS) is 17.9. The van der Waals surface area contributed by atoms with Crippen LogP contribution in [-0.2, 0) is 11.8 Å². The number of carbonyl (C=O) groups excluding carboxylic acids is 1. The number of carbonyl (C=O) groups is 1. The number of aryl methyl sites for hydroxylation is 1. The number of thiocarbonyl (C=S) groups is 1. The van der Waals surface area contributed by atoms with Gasteiger partial charge in [-0.1, -0.05) is 25.1 Å². The zero-order chi connectivity index (χ0) is 12.5. The quantitative estimate of drug-likeness (QED) is 0.793. The van der Waals surface area contributed by atoms with Gasteiger partial charge in [0.15, 0.2) is 0 Å². The summed E-state index contributed by atoms with van der Waals surface area (Å²) in [5.41, 5.74) is 5.08. The van der Waals surface area contributed by atoms with E-state index in [0.29, 0.717) is 10.8 Å². The van der Waals surface area contributed by atoms with Crippen LogP contribution in [0.2, 0.25) is 0 Å². The third-order valence-corrected chi connectivity index (χ3v) is 3.82. The summed E-state index contributed by atoms with van der Waals surface area (Å²) in [6, 6.07) is 1.75. The van der Waals surface area contributed by atoms with Crippen molar-refractivity contribution in [3.63, 3.8) is 0 Å². The van der Waals surface area contributed by atoms with E-state index in [1.165, 1.54) is 0 Å². The van der Waals surface area contributed by atoms with Gasteiger partial charge in [0.05, 0.1) is 16.6 Å². The van der Waals surface area contributed by atoms with Crippen LogP contribution in [0, 0.1) is 5.41 Å². The molecule has 0 unspecified atom stereocenters. The minimum atomic E-state index is -0.667. The van der Waals surface area contributed by atoms with Crippen LogP contribution in [0.1, 0.15) is 25.7 Å². The number of nitrogens with one attached hydrogen (secondary N) is 1. The summed E-state index contributed by atoms with van der Waals surface area (Å²) in [5.74, 6) is 0.559. The molecule has 1 heterocycles. The Hall–Kier alpha value is -1.43. The van der Waals surface area contributed by atoms with Gasteiger partial charge in [-0.15, -0.1) is 0 Å². The number of nitrogens with zero attached hydrogens (tertiary/aromatic N) is 2. The molecule has 92 valence electrons. The SMILES string of the molecule is Cn1nccc1NC(=O)C1(C(N)=S)CCCC1. The van der Waals surface area contributed by atoms with Gasteiger partial charge < -0.3 is 11.1 Å². The number of rotatable bonds is 3. The Balaban J connectivity index is 2.19. The fourth-order valence-corrected chi connectivity index (χ4v) is 2.59. The van der Waals surface area contributed by atoms with E-state index in [9.17, 15) is 4.79 Å². The molecule has 1 aliphatic rings. The minimum Gasteiger partial charge on any atom is -0.392 e. The lowest BCUT2D eigenvalue weighted by atomic mass is 9.85. The topological polar surface area (TPSA) is 72.9 Å². The lowest BCUT2D eigenvalue weighted by Crippen LogP contribution is -2.44. The second-order valence-corrected chi connectivity index (χ2v) is 4.89. The first-order chi connectivity index (χ1) is 8.06. The minimum absolute atomic E-state index is 0.105. The van der Waals surface area contributed by atoms with Crippen molar-refractivity contribution in [3.8, 4) is 0 Å². The lowest BCUT2D eigenvalue weighted by Gasteiger charge is -2.26. The standard InChI is InChI=1S/C11H16N4OS/c1-15-8(4-7-13-15)14-10(16)11(9(12)17)5-2-3-6-11/h4,7H,2-3,5-6H2,1H3,(H2,12,17)(H,14,16). The van der Waals surface area contributed by atoms with Crippen molar-refractivity contribution in [2.45, 2.75) is 25.7 Å². The molecule has 0 radical (unpaired) electrons. The smallest absolute Gasteiger partial charge is 0.238 e. The van der Waals surface area contributed by atoms with Crippen molar-refractivity contribution in [2.24, 2.45) is 18.2 Å². The molecule has 0 saturated heterocycles. The maximum atomic E-state index is 12.3. The maximum absolute atomic E-state index is 12.3. The van der Waals surface area contributed by atoms with E-state index >= 15 is 0 Å². The third kappa shape index (κ3) is 2.04. The molecule has 0 spiro atoms. The molecule has 1 aliphatic carbocycles. The number of anilines is 1. The summed E-state index contributed by atoms with van der Waals surface area (Å²) in [6.45, 7) is 0. The molecule has 6 heteroatoms. The van der Waals surface area contributed by atoms with E-state index < -0.39 is 5.41 Å². The number of aromatic nitrogens is 2. The number of hydrogen-bond donors (Lipinski definition) is 2. The van der Waals surface area contributed by atoms with E-state index in [1.54, 1.807) is 24.0 Å². The van der Waals surface area contributed by atoms with E-state index in [-0.39, 0.29) is 5.91 Å². The predicted octanol–water partition coefficient (Wildman–Crippen LogP) is 1.21. The molecular formula is C11H16N4OS. The number of nitrogens with two attached hydrogens (primary N) is 1. The van der Waals surface area contributed by atoms with Gasteiger partial charge in [-0.3, -0.25) is 9.48 Å². The van der Waals surface area contributed by atoms with Crippen molar-refractivity contribution >= 4 is 28.9 Å². The van der Waals surface area contributed by atoms with Gasteiger partial charge in [-0.2, -0.15) is 5.10 Å². The third-order valence-electron chi connectivity index (χ3n) is 3.43. The Labute approximate surface area is 105 Å². The van der Waals surface area contributed by atoms with Crippen LogP contribution in [-0.4, -0.2) is 20.7 Å². The Morgan fingerprint density at radius 3 is 2.71 bits per heavy atom. The van der Waals surface area contributed by atoms with Crippen LogP contribution in [0.5, 0.6) is 0 Å². The molecule has 3 N–H and O–H groups in total. The molecule has 0 atom stereocenters. The van der Waals surface area contributed by atoms with E-state index in [2.05, 4.69) is 10.4 Å². The fraction of sp³-hybridized carbons (Fsp3) is 0.545. The van der Waals surface area contributed by atoms with Crippen LogP contribution < -0.4 is 11.1 Å². The monoisotopic (exact) mass is 252 g/mol. The highest BCUT2D eigenvalue weighted by Gasteiger charge is 2.44. The van der Waals surface area contributed by atoms with Gasteiger partial charge >= 0.3 is 0 Å². The first-order valence-electron chi connectivity index (χ1n) is 5.66. The second-order valence-electron chi connectivity index (χ2n) is 4.45. The molecule has 0 aromatic carbocycles. The predicted molar refractivity (Wildman–Crippen MR) is 69.5 cm³/mol. The first-order valence-corrected chi connectivity index (χ1v) is 6.06. The van der Waals surface area contributed by atoms with Crippen LogP contribution in [0.15, 0.2) is 12.3 Å². The summed E-state index contributed by atoms with van der Waals surface area (Å²) in [6.07, 6.45) is 5.11. The summed E-state index contributed by atoms with van der Waals surface area (Å²) < 4.78 is 1.61. The molecule has 0 aliphatic heterocycles. The molecule has 1 aromatic heterocycles. The van der Waals surface area contributed by atoms with E-state index in [0.717, 1.165) is 25.7 Å². The van der Waals surface area contributed by atoms with Crippen molar-refractivity contribution < 1.29 is 4.79 Å². The van der Waals surface area contributed by atoms with Gasteiger partial charge in [0, 0.05) is 13.1 Å². The van der Waals surface area contributed by atoms with Gasteiger partial charge in [-0.25, -0.2) is 0 Å². The molecule has 2 rings (SSSR count). The van der Waals surface area contributed by atoms with Crippen molar-refractivity contribution in [3.05, 3.63) is 12.3 Å². The molecule has 1 amide bonds. The molecular weight excluding hydrogens is 236 g/mol. The molecule has 17 heavy (non-hydrogen) atoms. The summed E-state index contributed by atoms with van der Waals surface area (Å²) >= 11 is 5.07. The summed E-state index contributed by atoms with van der Waals surface area (Å²) in [7, 11) is 1.78. The van der Waals surface area contributed by atoms with Crippen LogP contribution in [0.3, 0.4) is 0 Å². The average Bonchev–Trinajstić information content (AvgIpc) is 2.89. The van der Waals surface area contributed by atoms with E-state index in [4.69, 9.17) is 18.0 Å². The second kappa shape index (κ2) is 4.44. The largest absolute Gasteiger partial charge is 0.392 e. The Morgan fingerprint density at radius 1 is 1.59 bits per heavy atom. The van der Waals surface area contributed by atoms with Gasteiger partial charge in [0.1, 0.15) is 5.82 Å². The van der Waals surface area contributed by atoms with Crippen LogP contribution >= 0.6 is 12.2 Å². The van der Waals surface area contributed by atoms with Gasteiger partial charge in [-0.05, 0) is 12.8 Å². The number of hydrogen-bond acceptors (Lipinski definition) is 3. The summed E-state index contributed by atoms with van der Waals surface area (Å²) in [4.78, 5) is 12.6. The van der Waals surface area contributed by atoms with Gasteiger partial charge in [0.2, 0.25) is 5.91 Å². The Bertz CT molecular complexity index is 448. The van der Waals surface area contributed by atoms with Crippen LogP contribution in [0.25, 0.3) is 0 Å². The molecule has 1 saturated carbocycles. The van der Waals surface area contributed by atoms with Gasteiger partial charge in [0.25, 0.3) is 0 Å². The highest BCUT2D eigenvalue weighted by atomic mass is 32.1. The average molecular weight is 252 g/mol.